The molecule has 0 fully saturated rings. The summed E-state index contributed by atoms with van der Waals surface area (Å²) < 4.78 is 3.58. The summed E-state index contributed by atoms with van der Waals surface area (Å²) in [5.74, 6) is 1.21. The molecular formula is C10H12N6S. The van der Waals surface area contributed by atoms with Crippen LogP contribution in [0.1, 0.15) is 25.6 Å². The van der Waals surface area contributed by atoms with Gasteiger partial charge in [0.1, 0.15) is 0 Å². The molecule has 3 aromatic rings. The van der Waals surface area contributed by atoms with Gasteiger partial charge in [0.15, 0.2) is 10.8 Å². The van der Waals surface area contributed by atoms with E-state index >= 15 is 0 Å². The first-order valence-electron chi connectivity index (χ1n) is 5.36. The van der Waals surface area contributed by atoms with E-state index in [-0.39, 0.29) is 0 Å². The van der Waals surface area contributed by atoms with E-state index in [9.17, 15) is 0 Å². The lowest BCUT2D eigenvalue weighted by Crippen LogP contribution is -1.97. The molecule has 0 aromatic carbocycles. The topological polar surface area (TPSA) is 60.9 Å². The van der Waals surface area contributed by atoms with Gasteiger partial charge in [0.25, 0.3) is 0 Å². The van der Waals surface area contributed by atoms with Crippen molar-refractivity contribution in [2.45, 2.75) is 19.8 Å². The smallest absolute Gasteiger partial charge is 0.234 e. The maximum absolute atomic E-state index is 4.53. The normalized spacial score (nSPS) is 11.8. The SMILES string of the molecule is CC(C)c1nnc2sc(-c3cnn(C)c3)nn12. The minimum Gasteiger partial charge on any atom is -0.275 e. The first-order valence-corrected chi connectivity index (χ1v) is 6.18. The highest BCUT2D eigenvalue weighted by Gasteiger charge is 2.15. The van der Waals surface area contributed by atoms with Crippen LogP contribution in [0.25, 0.3) is 15.5 Å². The molecule has 0 amide bonds. The van der Waals surface area contributed by atoms with Gasteiger partial charge in [-0.05, 0) is 0 Å². The van der Waals surface area contributed by atoms with Crippen molar-refractivity contribution < 1.29 is 0 Å². The summed E-state index contributed by atoms with van der Waals surface area (Å²) in [5, 5.41) is 17.9. The van der Waals surface area contributed by atoms with Crippen LogP contribution in [0.2, 0.25) is 0 Å². The highest BCUT2D eigenvalue weighted by atomic mass is 32.1. The average molecular weight is 248 g/mol. The van der Waals surface area contributed by atoms with Gasteiger partial charge in [-0.1, -0.05) is 25.2 Å². The van der Waals surface area contributed by atoms with Crippen LogP contribution >= 0.6 is 11.3 Å². The summed E-state index contributed by atoms with van der Waals surface area (Å²) in [6.45, 7) is 4.17. The van der Waals surface area contributed by atoms with Gasteiger partial charge in [-0.3, -0.25) is 4.68 Å². The molecule has 17 heavy (non-hydrogen) atoms. The molecule has 3 heterocycles. The van der Waals surface area contributed by atoms with Crippen molar-refractivity contribution in [2.75, 3.05) is 0 Å². The summed E-state index contributed by atoms with van der Waals surface area (Å²) in [5.41, 5.74) is 1.01. The largest absolute Gasteiger partial charge is 0.275 e. The quantitative estimate of drug-likeness (QED) is 0.692. The van der Waals surface area contributed by atoms with E-state index in [2.05, 4.69) is 34.2 Å². The van der Waals surface area contributed by atoms with Crippen molar-refractivity contribution >= 4 is 16.3 Å². The predicted molar refractivity (Wildman–Crippen MR) is 65.0 cm³/mol. The van der Waals surface area contributed by atoms with Gasteiger partial charge in [0.2, 0.25) is 4.96 Å². The molecule has 0 N–H and O–H groups in total. The highest BCUT2D eigenvalue weighted by molar-refractivity contribution is 7.19. The van der Waals surface area contributed by atoms with Gasteiger partial charge in [-0.25, -0.2) is 0 Å². The fourth-order valence-corrected chi connectivity index (χ4v) is 2.46. The zero-order chi connectivity index (χ0) is 12.0. The maximum atomic E-state index is 4.53. The fraction of sp³-hybridized carbons (Fsp3) is 0.400. The number of hydrogen-bond donors (Lipinski definition) is 0. The van der Waals surface area contributed by atoms with Gasteiger partial charge in [-0.15, -0.1) is 10.2 Å². The molecule has 3 rings (SSSR count). The van der Waals surface area contributed by atoms with Crippen LogP contribution in [0.3, 0.4) is 0 Å². The lowest BCUT2D eigenvalue weighted by Gasteiger charge is -1.97. The van der Waals surface area contributed by atoms with Crippen LogP contribution < -0.4 is 0 Å². The summed E-state index contributed by atoms with van der Waals surface area (Å²) >= 11 is 1.53. The monoisotopic (exact) mass is 248 g/mol. The molecule has 88 valence electrons. The van der Waals surface area contributed by atoms with Crippen molar-refractivity contribution in [1.29, 1.82) is 0 Å². The zero-order valence-corrected chi connectivity index (χ0v) is 10.6. The molecule has 0 aliphatic rings. The molecule has 0 atom stereocenters. The standard InChI is InChI=1S/C10H12N6S/c1-6(2)8-12-13-10-16(8)14-9(17-10)7-4-11-15(3)5-7/h4-6H,1-3H3. The van der Waals surface area contributed by atoms with E-state index in [1.807, 2.05) is 17.8 Å². The van der Waals surface area contributed by atoms with Gasteiger partial charge in [-0.2, -0.15) is 14.7 Å². The Morgan fingerprint density at radius 1 is 1.29 bits per heavy atom. The molecule has 0 spiro atoms. The second kappa shape index (κ2) is 3.63. The molecule has 0 unspecified atom stereocenters. The Kier molecular flexibility index (Phi) is 2.22. The summed E-state index contributed by atoms with van der Waals surface area (Å²) in [7, 11) is 1.89. The number of aromatic nitrogens is 6. The van der Waals surface area contributed by atoms with E-state index in [4.69, 9.17) is 0 Å². The maximum Gasteiger partial charge on any atom is 0.234 e. The zero-order valence-electron chi connectivity index (χ0n) is 9.82. The van der Waals surface area contributed by atoms with Gasteiger partial charge in [0, 0.05) is 19.2 Å². The summed E-state index contributed by atoms with van der Waals surface area (Å²) in [6.07, 6.45) is 3.75. The minimum absolute atomic E-state index is 0.314. The Bertz CT molecular complexity index is 661. The predicted octanol–water partition coefficient (Wildman–Crippen LogP) is 1.71. The van der Waals surface area contributed by atoms with Crippen molar-refractivity contribution in [2.24, 2.45) is 7.05 Å². The lowest BCUT2D eigenvalue weighted by atomic mass is 10.2. The average Bonchev–Trinajstić information content (AvgIpc) is 2.89. The third kappa shape index (κ3) is 1.62. The van der Waals surface area contributed by atoms with Crippen molar-refractivity contribution in [1.82, 2.24) is 29.6 Å². The van der Waals surface area contributed by atoms with Crippen LogP contribution in [0.5, 0.6) is 0 Å². The number of fused-ring (bicyclic) bond motifs is 1. The molecule has 0 saturated heterocycles. The first kappa shape index (κ1) is 10.4. The number of nitrogens with zero attached hydrogens (tertiary/aromatic N) is 6. The van der Waals surface area contributed by atoms with E-state index in [0.717, 1.165) is 21.4 Å². The number of hydrogen-bond acceptors (Lipinski definition) is 5. The Hall–Kier alpha value is -1.76. The Morgan fingerprint density at radius 2 is 2.12 bits per heavy atom. The lowest BCUT2D eigenvalue weighted by molar-refractivity contribution is 0.727. The van der Waals surface area contributed by atoms with Crippen molar-refractivity contribution in [3.05, 3.63) is 18.2 Å². The molecule has 3 aromatic heterocycles. The third-order valence-electron chi connectivity index (χ3n) is 2.48. The van der Waals surface area contributed by atoms with Crippen LogP contribution in [0.4, 0.5) is 0 Å². The molecule has 0 saturated carbocycles. The fourth-order valence-electron chi connectivity index (χ4n) is 1.64. The van der Waals surface area contributed by atoms with Crippen LogP contribution in [-0.4, -0.2) is 29.6 Å². The molecule has 0 aliphatic carbocycles. The second-order valence-electron chi connectivity index (χ2n) is 4.22. The molecule has 0 radical (unpaired) electrons. The molecule has 0 aliphatic heterocycles. The van der Waals surface area contributed by atoms with E-state index in [1.165, 1.54) is 11.3 Å². The first-order chi connectivity index (χ1) is 8.15. The molecular weight excluding hydrogens is 236 g/mol. The highest BCUT2D eigenvalue weighted by Crippen LogP contribution is 2.26. The van der Waals surface area contributed by atoms with Crippen molar-refractivity contribution in [3.8, 4) is 10.6 Å². The minimum atomic E-state index is 0.314. The van der Waals surface area contributed by atoms with E-state index in [0.29, 0.717) is 5.92 Å². The Balaban J connectivity index is 2.14. The van der Waals surface area contributed by atoms with E-state index in [1.54, 1.807) is 10.9 Å². The second-order valence-corrected chi connectivity index (χ2v) is 5.17. The van der Waals surface area contributed by atoms with Crippen molar-refractivity contribution in [3.63, 3.8) is 0 Å². The number of rotatable bonds is 2. The number of aryl methyl sites for hydroxylation is 1. The molecule has 6 nitrogen and oxygen atoms in total. The van der Waals surface area contributed by atoms with Gasteiger partial charge in [0.05, 0.1) is 11.8 Å². The van der Waals surface area contributed by atoms with Gasteiger partial charge >= 0.3 is 0 Å². The van der Waals surface area contributed by atoms with Crippen LogP contribution in [-0.2, 0) is 7.05 Å². The molecule has 0 bridgehead atoms. The Labute approximate surface area is 102 Å². The van der Waals surface area contributed by atoms with Crippen LogP contribution in [0, 0.1) is 0 Å². The third-order valence-corrected chi connectivity index (χ3v) is 3.43. The Morgan fingerprint density at radius 3 is 2.76 bits per heavy atom. The summed E-state index contributed by atoms with van der Waals surface area (Å²) in [6, 6.07) is 0. The van der Waals surface area contributed by atoms with Crippen LogP contribution in [0.15, 0.2) is 12.4 Å². The molecule has 7 heteroatoms. The van der Waals surface area contributed by atoms with E-state index < -0.39 is 0 Å². The summed E-state index contributed by atoms with van der Waals surface area (Å²) in [4.78, 5) is 0.826. The van der Waals surface area contributed by atoms with Gasteiger partial charge < -0.3 is 0 Å².